The Morgan fingerprint density at radius 3 is 2.54 bits per heavy atom. The number of carbonyl (C=O) groups excluding carboxylic acids is 1. The third-order valence-corrected chi connectivity index (χ3v) is 6.33. The van der Waals surface area contributed by atoms with Crippen molar-refractivity contribution < 1.29 is 9.90 Å². The summed E-state index contributed by atoms with van der Waals surface area (Å²) in [5.74, 6) is -0.0625. The van der Waals surface area contributed by atoms with E-state index >= 15 is 0 Å². The zero-order valence-electron chi connectivity index (χ0n) is 16.3. The summed E-state index contributed by atoms with van der Waals surface area (Å²) in [5.41, 5.74) is 0.902. The Bertz CT molecular complexity index is 885. The standard InChI is InChI=1S/C21H28N4O3/c1-15-17(20(27)23-22-15)13-19(26)25-12-9-21(28,16-7-3-2-4-8-16)18(14-25)24-10-5-6-11-24/h2-4,7-8,18,28H,5-6,9-14H2,1H3,(H2,22,23,27)/t18-,21+/m1/s1. The van der Waals surface area contributed by atoms with Gasteiger partial charge in [0.25, 0.3) is 5.56 Å². The molecule has 150 valence electrons. The Kier molecular flexibility index (Phi) is 5.12. The number of likely N-dealkylation sites (tertiary alicyclic amines) is 2. The van der Waals surface area contributed by atoms with Crippen LogP contribution in [0.25, 0.3) is 0 Å². The molecule has 1 aromatic heterocycles. The molecule has 0 spiro atoms. The average Bonchev–Trinajstić information content (AvgIpc) is 3.35. The number of aromatic nitrogens is 2. The third kappa shape index (κ3) is 3.40. The monoisotopic (exact) mass is 384 g/mol. The van der Waals surface area contributed by atoms with Crippen molar-refractivity contribution in [2.24, 2.45) is 0 Å². The second-order valence-corrected chi connectivity index (χ2v) is 8.00. The molecular formula is C21H28N4O3. The Morgan fingerprint density at radius 1 is 1.18 bits per heavy atom. The molecule has 4 rings (SSSR count). The molecule has 28 heavy (non-hydrogen) atoms. The van der Waals surface area contributed by atoms with E-state index in [1.807, 2.05) is 35.2 Å². The predicted octanol–water partition coefficient (Wildman–Crippen LogP) is 1.14. The van der Waals surface area contributed by atoms with Crippen LogP contribution in [0.3, 0.4) is 0 Å². The number of nitrogens with one attached hydrogen (secondary N) is 2. The minimum absolute atomic E-state index is 0.0625. The summed E-state index contributed by atoms with van der Waals surface area (Å²) in [7, 11) is 0. The van der Waals surface area contributed by atoms with Gasteiger partial charge in [-0.25, -0.2) is 0 Å². The van der Waals surface area contributed by atoms with E-state index < -0.39 is 5.60 Å². The van der Waals surface area contributed by atoms with Crippen molar-refractivity contribution in [3.63, 3.8) is 0 Å². The number of amides is 1. The number of nitrogens with zero attached hydrogens (tertiary/aromatic N) is 2. The largest absolute Gasteiger partial charge is 0.383 e. The molecule has 0 aliphatic carbocycles. The van der Waals surface area contributed by atoms with Crippen molar-refractivity contribution in [1.29, 1.82) is 0 Å². The Labute approximate surface area is 164 Å². The fourth-order valence-electron chi connectivity index (χ4n) is 4.63. The molecule has 2 aliphatic heterocycles. The molecule has 2 saturated heterocycles. The lowest BCUT2D eigenvalue weighted by molar-refractivity contribution is -0.142. The summed E-state index contributed by atoms with van der Waals surface area (Å²) in [4.78, 5) is 29.0. The number of carbonyl (C=O) groups is 1. The van der Waals surface area contributed by atoms with Crippen molar-refractivity contribution in [2.75, 3.05) is 26.2 Å². The van der Waals surface area contributed by atoms with E-state index in [-0.39, 0.29) is 23.9 Å². The minimum atomic E-state index is -0.968. The Balaban J connectivity index is 1.57. The van der Waals surface area contributed by atoms with Crippen LogP contribution in [0.15, 0.2) is 35.1 Å². The molecular weight excluding hydrogens is 356 g/mol. The van der Waals surface area contributed by atoms with Crippen LogP contribution in [0.1, 0.15) is 36.1 Å². The number of aliphatic hydroxyl groups is 1. The normalized spacial score (nSPS) is 25.9. The fraction of sp³-hybridized carbons (Fsp3) is 0.524. The number of hydrogen-bond acceptors (Lipinski definition) is 4. The summed E-state index contributed by atoms with van der Waals surface area (Å²) >= 11 is 0. The van der Waals surface area contributed by atoms with Gasteiger partial charge in [-0.2, -0.15) is 0 Å². The molecule has 3 N–H and O–H groups in total. The van der Waals surface area contributed by atoms with Crippen LogP contribution in [-0.2, 0) is 16.8 Å². The van der Waals surface area contributed by atoms with Crippen molar-refractivity contribution >= 4 is 5.91 Å². The van der Waals surface area contributed by atoms with Crippen molar-refractivity contribution in [1.82, 2.24) is 20.0 Å². The molecule has 2 atom stereocenters. The van der Waals surface area contributed by atoms with E-state index in [0.717, 1.165) is 31.5 Å². The molecule has 1 amide bonds. The van der Waals surface area contributed by atoms with Gasteiger partial charge in [0.15, 0.2) is 0 Å². The van der Waals surface area contributed by atoms with Gasteiger partial charge >= 0.3 is 0 Å². The molecule has 2 fully saturated rings. The van der Waals surface area contributed by atoms with Gasteiger partial charge in [0.05, 0.1) is 12.5 Å². The SMILES string of the molecule is Cc1[nH][nH]c(=O)c1CC(=O)N1CC[C@](O)(c2ccccc2)[C@H](N2CCCC2)C1. The average molecular weight is 384 g/mol. The minimum Gasteiger partial charge on any atom is -0.383 e. The molecule has 0 saturated carbocycles. The van der Waals surface area contributed by atoms with Crippen LogP contribution < -0.4 is 5.56 Å². The molecule has 0 unspecified atom stereocenters. The van der Waals surface area contributed by atoms with E-state index in [1.54, 1.807) is 6.92 Å². The number of H-pyrrole nitrogens is 2. The van der Waals surface area contributed by atoms with Gasteiger partial charge < -0.3 is 15.1 Å². The first-order valence-corrected chi connectivity index (χ1v) is 10.0. The van der Waals surface area contributed by atoms with Crippen LogP contribution in [0, 0.1) is 6.92 Å². The number of piperidine rings is 1. The summed E-state index contributed by atoms with van der Waals surface area (Å²) in [6.07, 6.45) is 2.81. The second kappa shape index (κ2) is 7.56. The lowest BCUT2D eigenvalue weighted by atomic mass is 9.79. The maximum absolute atomic E-state index is 12.9. The van der Waals surface area contributed by atoms with E-state index in [2.05, 4.69) is 15.1 Å². The van der Waals surface area contributed by atoms with Crippen molar-refractivity contribution in [3.8, 4) is 0 Å². The van der Waals surface area contributed by atoms with Gasteiger partial charge in [-0.05, 0) is 44.8 Å². The topological polar surface area (TPSA) is 92.4 Å². The highest BCUT2D eigenvalue weighted by atomic mass is 16.3. The quantitative estimate of drug-likeness (QED) is 0.737. The maximum Gasteiger partial charge on any atom is 0.267 e. The summed E-state index contributed by atoms with van der Waals surface area (Å²) in [5, 5.41) is 17.0. The van der Waals surface area contributed by atoms with Gasteiger partial charge in [0.1, 0.15) is 5.60 Å². The Morgan fingerprint density at radius 2 is 1.89 bits per heavy atom. The molecule has 2 aliphatic rings. The summed E-state index contributed by atoms with van der Waals surface area (Å²) in [6.45, 7) is 4.64. The van der Waals surface area contributed by atoms with Crippen molar-refractivity contribution in [2.45, 2.75) is 44.2 Å². The van der Waals surface area contributed by atoms with Crippen LogP contribution in [0.4, 0.5) is 0 Å². The smallest absolute Gasteiger partial charge is 0.267 e. The van der Waals surface area contributed by atoms with E-state index in [4.69, 9.17) is 0 Å². The first-order chi connectivity index (χ1) is 13.5. The number of benzene rings is 1. The fourth-order valence-corrected chi connectivity index (χ4v) is 4.63. The number of hydrogen-bond donors (Lipinski definition) is 3. The maximum atomic E-state index is 12.9. The zero-order chi connectivity index (χ0) is 19.7. The number of aromatic amines is 2. The number of aryl methyl sites for hydroxylation is 1. The highest BCUT2D eigenvalue weighted by molar-refractivity contribution is 5.79. The van der Waals surface area contributed by atoms with Gasteiger partial charge in [-0.15, -0.1) is 0 Å². The second-order valence-electron chi connectivity index (χ2n) is 8.00. The molecule has 7 heteroatoms. The molecule has 2 aromatic rings. The molecule has 1 aromatic carbocycles. The van der Waals surface area contributed by atoms with Crippen LogP contribution in [-0.4, -0.2) is 63.2 Å². The first-order valence-electron chi connectivity index (χ1n) is 10.0. The van der Waals surface area contributed by atoms with Crippen LogP contribution in [0.5, 0.6) is 0 Å². The highest BCUT2D eigenvalue weighted by Crippen LogP contribution is 2.37. The summed E-state index contributed by atoms with van der Waals surface area (Å²) < 4.78 is 0. The first kappa shape index (κ1) is 19.0. The molecule has 0 bridgehead atoms. The van der Waals surface area contributed by atoms with E-state index in [9.17, 15) is 14.7 Å². The Hall–Kier alpha value is -2.38. The van der Waals surface area contributed by atoms with Gasteiger partial charge in [0.2, 0.25) is 5.91 Å². The lowest BCUT2D eigenvalue weighted by Gasteiger charge is -2.48. The van der Waals surface area contributed by atoms with Crippen LogP contribution >= 0.6 is 0 Å². The van der Waals surface area contributed by atoms with Crippen molar-refractivity contribution in [3.05, 3.63) is 57.5 Å². The predicted molar refractivity (Wildman–Crippen MR) is 106 cm³/mol. The summed E-state index contributed by atoms with van der Waals surface area (Å²) in [6, 6.07) is 9.67. The molecule has 3 heterocycles. The highest BCUT2D eigenvalue weighted by Gasteiger charge is 2.47. The van der Waals surface area contributed by atoms with Gasteiger partial charge in [-0.3, -0.25) is 19.6 Å². The van der Waals surface area contributed by atoms with Gasteiger partial charge in [0, 0.05) is 24.3 Å². The molecule has 7 nitrogen and oxygen atoms in total. The third-order valence-electron chi connectivity index (χ3n) is 6.33. The van der Waals surface area contributed by atoms with E-state index in [0.29, 0.717) is 30.8 Å². The van der Waals surface area contributed by atoms with Gasteiger partial charge in [-0.1, -0.05) is 30.3 Å². The van der Waals surface area contributed by atoms with Crippen LogP contribution in [0.2, 0.25) is 0 Å². The molecule has 0 radical (unpaired) electrons. The number of rotatable bonds is 4. The van der Waals surface area contributed by atoms with E-state index in [1.165, 1.54) is 0 Å². The zero-order valence-corrected chi connectivity index (χ0v) is 16.3. The lowest BCUT2D eigenvalue weighted by Crippen LogP contribution is -2.61.